The molecule has 0 bridgehead atoms. The van der Waals surface area contributed by atoms with Crippen LogP contribution in [0.2, 0.25) is 0 Å². The number of allylic oxidation sites excluding steroid dienone is 4. The second kappa shape index (κ2) is 17.6. The SMILES string of the molecule is CCCCCCc1ccc(C2CCC(CCCCC3CCC(CCC=CC=C(F)C#N)CC3)CC2)cc1. The third-order valence-corrected chi connectivity index (χ3v) is 9.28. The standard InChI is InChI=1S/C35H52FN/c1-2-3-4-6-11-31-20-24-33(25-21-31)34-26-22-32(23-27-34)14-10-9-13-30-18-16-29(17-19-30)12-7-5-8-15-35(36)28-37/h5,8,15,20-21,24-25,29-30,32,34H,2-4,6-7,9-14,16-19,22-23,26-27H2,1H3. The summed E-state index contributed by atoms with van der Waals surface area (Å²) in [5, 5.41) is 8.42. The van der Waals surface area contributed by atoms with Gasteiger partial charge >= 0.3 is 0 Å². The molecule has 0 radical (unpaired) electrons. The summed E-state index contributed by atoms with van der Waals surface area (Å²) in [6.45, 7) is 2.28. The Morgan fingerprint density at radius 1 is 0.811 bits per heavy atom. The molecule has 0 amide bonds. The minimum absolute atomic E-state index is 0.710. The molecule has 0 saturated heterocycles. The second-order valence-electron chi connectivity index (χ2n) is 12.1. The van der Waals surface area contributed by atoms with Crippen LogP contribution in [0.3, 0.4) is 0 Å². The number of hydrogen-bond donors (Lipinski definition) is 0. The number of aryl methyl sites for hydroxylation is 1. The van der Waals surface area contributed by atoms with Crippen molar-refractivity contribution in [3.8, 4) is 6.07 Å². The van der Waals surface area contributed by atoms with E-state index >= 15 is 0 Å². The fraction of sp³-hybridized carbons (Fsp3) is 0.686. The third-order valence-electron chi connectivity index (χ3n) is 9.28. The molecule has 2 saturated carbocycles. The highest BCUT2D eigenvalue weighted by Gasteiger charge is 2.23. The smallest absolute Gasteiger partial charge is 0.195 e. The van der Waals surface area contributed by atoms with Crippen LogP contribution in [0, 0.1) is 29.1 Å². The summed E-state index contributed by atoms with van der Waals surface area (Å²) in [5.41, 5.74) is 3.12. The fourth-order valence-corrected chi connectivity index (χ4v) is 6.79. The van der Waals surface area contributed by atoms with Gasteiger partial charge in [-0.05, 0) is 92.2 Å². The molecule has 1 nitrogen and oxygen atoms in total. The minimum atomic E-state index is -0.710. The lowest BCUT2D eigenvalue weighted by molar-refractivity contribution is 0.244. The van der Waals surface area contributed by atoms with E-state index in [4.69, 9.17) is 5.26 Å². The monoisotopic (exact) mass is 505 g/mol. The van der Waals surface area contributed by atoms with Gasteiger partial charge in [0.1, 0.15) is 6.07 Å². The molecule has 0 heterocycles. The lowest BCUT2D eigenvalue weighted by atomic mass is 9.76. The number of rotatable bonds is 15. The van der Waals surface area contributed by atoms with Crippen molar-refractivity contribution in [2.24, 2.45) is 17.8 Å². The zero-order chi connectivity index (χ0) is 26.1. The number of unbranched alkanes of at least 4 members (excludes halogenated alkanes) is 4. The second-order valence-corrected chi connectivity index (χ2v) is 12.1. The molecule has 0 N–H and O–H groups in total. The van der Waals surface area contributed by atoms with Crippen LogP contribution < -0.4 is 0 Å². The van der Waals surface area contributed by atoms with Crippen LogP contribution in [0.15, 0.2) is 48.3 Å². The molecule has 2 heteroatoms. The van der Waals surface area contributed by atoms with Crippen molar-refractivity contribution >= 4 is 0 Å². The molecule has 1 aromatic carbocycles. The van der Waals surface area contributed by atoms with Crippen LogP contribution in [-0.4, -0.2) is 0 Å². The fourth-order valence-electron chi connectivity index (χ4n) is 6.79. The molecule has 3 rings (SSSR count). The Kier molecular flexibility index (Phi) is 14.1. The summed E-state index contributed by atoms with van der Waals surface area (Å²) in [6.07, 6.45) is 30.7. The summed E-state index contributed by atoms with van der Waals surface area (Å²) in [7, 11) is 0. The van der Waals surface area contributed by atoms with E-state index in [0.29, 0.717) is 0 Å². The molecule has 0 spiro atoms. The Labute approximate surface area is 227 Å². The van der Waals surface area contributed by atoms with Crippen molar-refractivity contribution < 1.29 is 4.39 Å². The third kappa shape index (κ3) is 11.6. The lowest BCUT2D eigenvalue weighted by Gasteiger charge is -2.30. The van der Waals surface area contributed by atoms with Crippen LogP contribution >= 0.6 is 0 Å². The van der Waals surface area contributed by atoms with E-state index < -0.39 is 5.83 Å². The number of benzene rings is 1. The highest BCUT2D eigenvalue weighted by molar-refractivity contribution is 5.26. The molecular formula is C35H52FN. The van der Waals surface area contributed by atoms with E-state index in [0.717, 1.165) is 30.1 Å². The van der Waals surface area contributed by atoms with Gasteiger partial charge in [0.25, 0.3) is 0 Å². The molecule has 2 aliphatic rings. The van der Waals surface area contributed by atoms with Gasteiger partial charge in [0.2, 0.25) is 0 Å². The van der Waals surface area contributed by atoms with Crippen molar-refractivity contribution in [3.05, 3.63) is 59.4 Å². The minimum Gasteiger partial charge on any atom is -0.195 e. The Bertz CT molecular complexity index is 829. The molecule has 0 aliphatic heterocycles. The number of hydrogen-bond acceptors (Lipinski definition) is 1. The van der Waals surface area contributed by atoms with Crippen LogP contribution in [-0.2, 0) is 6.42 Å². The molecule has 0 atom stereocenters. The zero-order valence-electron chi connectivity index (χ0n) is 23.6. The Hall–Kier alpha value is -1.88. The van der Waals surface area contributed by atoms with Crippen molar-refractivity contribution in [2.75, 3.05) is 0 Å². The first kappa shape index (κ1) is 29.7. The normalized spacial score (nSPS) is 24.8. The van der Waals surface area contributed by atoms with Gasteiger partial charge < -0.3 is 0 Å². The summed E-state index contributed by atoms with van der Waals surface area (Å²) in [5.74, 6) is 2.84. The van der Waals surface area contributed by atoms with Crippen LogP contribution in [0.5, 0.6) is 0 Å². The van der Waals surface area contributed by atoms with Gasteiger partial charge in [0.15, 0.2) is 5.83 Å². The Morgan fingerprint density at radius 2 is 1.41 bits per heavy atom. The molecule has 0 unspecified atom stereocenters. The predicted molar refractivity (Wildman–Crippen MR) is 156 cm³/mol. The summed E-state index contributed by atoms with van der Waals surface area (Å²) in [6, 6.07) is 11.2. The molecule has 204 valence electrons. The van der Waals surface area contributed by atoms with Gasteiger partial charge in [-0.15, -0.1) is 0 Å². The highest BCUT2D eigenvalue weighted by atomic mass is 19.1. The van der Waals surface area contributed by atoms with E-state index in [2.05, 4.69) is 31.2 Å². The maximum atomic E-state index is 12.8. The first-order chi connectivity index (χ1) is 18.2. The Morgan fingerprint density at radius 3 is 2.00 bits per heavy atom. The predicted octanol–water partition coefficient (Wildman–Crippen LogP) is 11.2. The summed E-state index contributed by atoms with van der Waals surface area (Å²) < 4.78 is 12.8. The average Bonchev–Trinajstić information content (AvgIpc) is 2.94. The van der Waals surface area contributed by atoms with Crippen molar-refractivity contribution in [1.29, 1.82) is 5.26 Å². The van der Waals surface area contributed by atoms with Crippen LogP contribution in [0.1, 0.15) is 140 Å². The maximum absolute atomic E-state index is 12.8. The van der Waals surface area contributed by atoms with Crippen LogP contribution in [0.25, 0.3) is 0 Å². The largest absolute Gasteiger partial charge is 0.199 e. The maximum Gasteiger partial charge on any atom is 0.199 e. The van der Waals surface area contributed by atoms with E-state index in [1.165, 1.54) is 133 Å². The average molecular weight is 506 g/mol. The van der Waals surface area contributed by atoms with E-state index in [9.17, 15) is 4.39 Å². The summed E-state index contributed by atoms with van der Waals surface area (Å²) in [4.78, 5) is 0. The van der Waals surface area contributed by atoms with Gasteiger partial charge in [-0.2, -0.15) is 9.65 Å². The number of nitriles is 1. The zero-order valence-corrected chi connectivity index (χ0v) is 23.6. The van der Waals surface area contributed by atoms with E-state index in [1.54, 1.807) is 11.6 Å². The molecule has 2 aliphatic carbocycles. The topological polar surface area (TPSA) is 23.8 Å². The van der Waals surface area contributed by atoms with Crippen molar-refractivity contribution in [3.63, 3.8) is 0 Å². The first-order valence-electron chi connectivity index (χ1n) is 15.7. The van der Waals surface area contributed by atoms with Gasteiger partial charge in [-0.25, -0.2) is 0 Å². The quantitative estimate of drug-likeness (QED) is 0.132. The van der Waals surface area contributed by atoms with Gasteiger partial charge in [0, 0.05) is 0 Å². The number of halogens is 1. The lowest BCUT2D eigenvalue weighted by Crippen LogP contribution is -2.15. The highest BCUT2D eigenvalue weighted by Crippen LogP contribution is 2.39. The molecule has 37 heavy (non-hydrogen) atoms. The molecular weight excluding hydrogens is 453 g/mol. The van der Waals surface area contributed by atoms with E-state index in [1.807, 2.05) is 6.08 Å². The van der Waals surface area contributed by atoms with Crippen molar-refractivity contribution in [2.45, 2.75) is 135 Å². The van der Waals surface area contributed by atoms with Crippen molar-refractivity contribution in [1.82, 2.24) is 0 Å². The molecule has 1 aromatic rings. The van der Waals surface area contributed by atoms with Gasteiger partial charge in [-0.3, -0.25) is 0 Å². The summed E-state index contributed by atoms with van der Waals surface area (Å²) >= 11 is 0. The van der Waals surface area contributed by atoms with Gasteiger partial charge in [-0.1, -0.05) is 114 Å². The van der Waals surface area contributed by atoms with Crippen LogP contribution in [0.4, 0.5) is 4.39 Å². The molecule has 0 aromatic heterocycles. The van der Waals surface area contributed by atoms with E-state index in [-0.39, 0.29) is 0 Å². The molecule has 2 fully saturated rings. The van der Waals surface area contributed by atoms with Gasteiger partial charge in [0.05, 0.1) is 0 Å². The Balaban J connectivity index is 1.21. The number of nitrogens with zero attached hydrogens (tertiary/aromatic N) is 1. The first-order valence-corrected chi connectivity index (χ1v) is 15.7.